The second-order valence-electron chi connectivity index (χ2n) is 5.76. The monoisotopic (exact) mass is 315 g/mol. The second-order valence-corrected chi connectivity index (χ2v) is 5.76. The molecular formula is C17H21N3O3. The zero-order valence-electron chi connectivity index (χ0n) is 13.4. The molecule has 0 radical (unpaired) electrons. The van der Waals surface area contributed by atoms with Crippen LogP contribution in [-0.2, 0) is 16.6 Å². The van der Waals surface area contributed by atoms with E-state index in [0.29, 0.717) is 12.4 Å². The van der Waals surface area contributed by atoms with Crippen LogP contribution >= 0.6 is 0 Å². The van der Waals surface area contributed by atoms with Crippen molar-refractivity contribution in [2.75, 3.05) is 13.2 Å². The fourth-order valence-electron chi connectivity index (χ4n) is 2.75. The summed E-state index contributed by atoms with van der Waals surface area (Å²) in [6.45, 7) is 2.59. The summed E-state index contributed by atoms with van der Waals surface area (Å²) in [5, 5.41) is 2.99. The predicted octanol–water partition coefficient (Wildman–Crippen LogP) is 1.75. The highest BCUT2D eigenvalue weighted by molar-refractivity contribution is 5.78. The molecule has 6 nitrogen and oxygen atoms in total. The van der Waals surface area contributed by atoms with Crippen LogP contribution in [0.15, 0.2) is 36.7 Å². The number of aromatic nitrogens is 2. The van der Waals surface area contributed by atoms with Crippen molar-refractivity contribution in [1.29, 1.82) is 0 Å². The second kappa shape index (κ2) is 6.83. The van der Waals surface area contributed by atoms with Gasteiger partial charge in [0.15, 0.2) is 6.61 Å². The molecule has 1 aromatic carbocycles. The molecule has 1 amide bonds. The maximum Gasteiger partial charge on any atom is 0.258 e. The largest absolute Gasteiger partial charge is 0.484 e. The summed E-state index contributed by atoms with van der Waals surface area (Å²) in [6, 6.07) is 7.56. The Hall–Kier alpha value is -2.34. The molecule has 0 spiro atoms. The molecule has 0 saturated carbocycles. The van der Waals surface area contributed by atoms with Crippen molar-refractivity contribution in [2.45, 2.75) is 25.5 Å². The van der Waals surface area contributed by atoms with Crippen LogP contribution < -0.4 is 10.1 Å². The first-order chi connectivity index (χ1) is 11.1. The molecule has 1 fully saturated rings. The van der Waals surface area contributed by atoms with Crippen LogP contribution in [0.1, 0.15) is 23.9 Å². The van der Waals surface area contributed by atoms with Gasteiger partial charge in [-0.15, -0.1) is 0 Å². The minimum absolute atomic E-state index is 0.00671. The van der Waals surface area contributed by atoms with E-state index in [0.717, 1.165) is 17.8 Å². The molecule has 0 unspecified atom stereocenters. The van der Waals surface area contributed by atoms with Gasteiger partial charge in [0.05, 0.1) is 6.04 Å². The number of nitrogens with zero attached hydrogens (tertiary/aromatic N) is 2. The Labute approximate surface area is 135 Å². The molecule has 2 atom stereocenters. The number of benzene rings is 1. The molecule has 23 heavy (non-hydrogen) atoms. The van der Waals surface area contributed by atoms with E-state index in [-0.39, 0.29) is 24.7 Å². The maximum atomic E-state index is 12.1. The highest BCUT2D eigenvalue weighted by Gasteiger charge is 2.33. The number of hydrogen-bond donors (Lipinski definition) is 1. The number of aryl methyl sites for hydroxylation is 2. The minimum Gasteiger partial charge on any atom is -0.484 e. The number of nitrogens with one attached hydrogen (secondary N) is 1. The van der Waals surface area contributed by atoms with Gasteiger partial charge >= 0.3 is 0 Å². The summed E-state index contributed by atoms with van der Waals surface area (Å²) in [7, 11) is 1.92. The molecule has 3 rings (SSSR count). The van der Waals surface area contributed by atoms with Crippen LogP contribution in [0.3, 0.4) is 0 Å². The van der Waals surface area contributed by atoms with Crippen molar-refractivity contribution in [3.8, 4) is 5.75 Å². The average molecular weight is 315 g/mol. The Morgan fingerprint density at radius 1 is 1.52 bits per heavy atom. The predicted molar refractivity (Wildman–Crippen MR) is 85.1 cm³/mol. The highest BCUT2D eigenvalue weighted by atomic mass is 16.5. The number of carbonyl (C=O) groups is 1. The first kappa shape index (κ1) is 15.6. The van der Waals surface area contributed by atoms with E-state index in [2.05, 4.69) is 10.3 Å². The van der Waals surface area contributed by atoms with E-state index in [4.69, 9.17) is 9.47 Å². The molecule has 1 aromatic heterocycles. The number of rotatable bonds is 5. The number of imidazole rings is 1. The van der Waals surface area contributed by atoms with Crippen LogP contribution in [-0.4, -0.2) is 34.7 Å². The molecule has 6 heteroatoms. The Balaban J connectivity index is 1.56. The number of amides is 1. The van der Waals surface area contributed by atoms with E-state index >= 15 is 0 Å². The van der Waals surface area contributed by atoms with E-state index < -0.39 is 0 Å². The number of ether oxygens (including phenoxy) is 2. The quantitative estimate of drug-likeness (QED) is 0.913. The van der Waals surface area contributed by atoms with Gasteiger partial charge in [0.25, 0.3) is 5.91 Å². The summed E-state index contributed by atoms with van der Waals surface area (Å²) < 4.78 is 13.2. The Morgan fingerprint density at radius 3 is 3.13 bits per heavy atom. The van der Waals surface area contributed by atoms with Crippen molar-refractivity contribution < 1.29 is 14.3 Å². The lowest BCUT2D eigenvalue weighted by Gasteiger charge is -2.19. The molecule has 122 valence electrons. The van der Waals surface area contributed by atoms with Gasteiger partial charge in [-0.1, -0.05) is 12.1 Å². The third-order valence-electron chi connectivity index (χ3n) is 3.91. The Morgan fingerprint density at radius 2 is 2.39 bits per heavy atom. The molecule has 1 aliphatic rings. The van der Waals surface area contributed by atoms with E-state index in [9.17, 15) is 4.79 Å². The molecular weight excluding hydrogens is 294 g/mol. The zero-order valence-corrected chi connectivity index (χ0v) is 13.4. The minimum atomic E-state index is -0.210. The van der Waals surface area contributed by atoms with Crippen LogP contribution in [0.4, 0.5) is 0 Å². The first-order valence-corrected chi connectivity index (χ1v) is 7.71. The smallest absolute Gasteiger partial charge is 0.258 e. The first-order valence-electron chi connectivity index (χ1n) is 7.71. The third kappa shape index (κ3) is 3.71. The zero-order chi connectivity index (χ0) is 16.2. The van der Waals surface area contributed by atoms with Crippen molar-refractivity contribution in [1.82, 2.24) is 14.9 Å². The van der Waals surface area contributed by atoms with Crippen LogP contribution in [0.5, 0.6) is 5.75 Å². The highest BCUT2D eigenvalue weighted by Crippen LogP contribution is 2.27. The van der Waals surface area contributed by atoms with E-state index in [1.54, 1.807) is 6.20 Å². The van der Waals surface area contributed by atoms with Gasteiger partial charge in [-0.05, 0) is 31.0 Å². The van der Waals surface area contributed by atoms with E-state index in [1.807, 2.05) is 49.0 Å². The van der Waals surface area contributed by atoms with E-state index in [1.165, 1.54) is 0 Å². The fraction of sp³-hybridized carbons (Fsp3) is 0.412. The normalized spacial score (nSPS) is 20.4. The van der Waals surface area contributed by atoms with Gasteiger partial charge in [0.1, 0.15) is 17.7 Å². The SMILES string of the molecule is Cc1cccc(OCC(=O)N[C@H]2CCO[C@@H]2c2nccn2C)c1. The van der Waals surface area contributed by atoms with Crippen LogP contribution in [0.2, 0.25) is 0 Å². The molecule has 0 aliphatic carbocycles. The van der Waals surface area contributed by atoms with Crippen molar-refractivity contribution in [3.63, 3.8) is 0 Å². The summed E-state index contributed by atoms with van der Waals surface area (Å²) >= 11 is 0. The molecule has 2 heterocycles. The molecule has 1 aliphatic heterocycles. The summed E-state index contributed by atoms with van der Waals surface area (Å²) in [6.07, 6.45) is 4.17. The van der Waals surface area contributed by atoms with Crippen molar-refractivity contribution >= 4 is 5.91 Å². The van der Waals surface area contributed by atoms with Crippen LogP contribution in [0, 0.1) is 6.92 Å². The average Bonchev–Trinajstić information content (AvgIpc) is 3.14. The maximum absolute atomic E-state index is 12.1. The third-order valence-corrected chi connectivity index (χ3v) is 3.91. The Bertz CT molecular complexity index is 683. The lowest BCUT2D eigenvalue weighted by atomic mass is 10.1. The Kier molecular flexibility index (Phi) is 4.62. The molecule has 0 bridgehead atoms. The number of carbonyl (C=O) groups excluding carboxylic acids is 1. The summed E-state index contributed by atoms with van der Waals surface area (Å²) in [5.74, 6) is 1.37. The van der Waals surface area contributed by atoms with Crippen molar-refractivity contribution in [3.05, 3.63) is 48.0 Å². The topological polar surface area (TPSA) is 65.4 Å². The van der Waals surface area contributed by atoms with Gasteiger partial charge in [-0.3, -0.25) is 4.79 Å². The van der Waals surface area contributed by atoms with Gasteiger partial charge in [0.2, 0.25) is 0 Å². The van der Waals surface area contributed by atoms with Gasteiger partial charge in [-0.2, -0.15) is 0 Å². The van der Waals surface area contributed by atoms with Gasteiger partial charge in [0, 0.05) is 26.0 Å². The molecule has 2 aromatic rings. The number of hydrogen-bond acceptors (Lipinski definition) is 4. The molecule has 1 N–H and O–H groups in total. The summed E-state index contributed by atoms with van der Waals surface area (Å²) in [5.41, 5.74) is 1.10. The lowest BCUT2D eigenvalue weighted by Crippen LogP contribution is -2.40. The fourth-order valence-corrected chi connectivity index (χ4v) is 2.75. The summed E-state index contributed by atoms with van der Waals surface area (Å²) in [4.78, 5) is 16.5. The molecule has 1 saturated heterocycles. The van der Waals surface area contributed by atoms with Crippen molar-refractivity contribution in [2.24, 2.45) is 7.05 Å². The van der Waals surface area contributed by atoms with Gasteiger partial charge < -0.3 is 19.4 Å². The van der Waals surface area contributed by atoms with Gasteiger partial charge in [-0.25, -0.2) is 4.98 Å². The van der Waals surface area contributed by atoms with Crippen LogP contribution in [0.25, 0.3) is 0 Å². The lowest BCUT2D eigenvalue weighted by molar-refractivity contribution is -0.124. The standard InChI is InChI=1S/C17H21N3O3/c1-12-4-3-5-13(10-12)23-11-15(21)19-14-6-9-22-16(14)17-18-7-8-20(17)2/h3-5,7-8,10,14,16H,6,9,11H2,1-2H3,(H,19,21)/t14-,16-/m0/s1.